The van der Waals surface area contributed by atoms with E-state index in [1.165, 1.54) is 16.8 Å². The van der Waals surface area contributed by atoms with E-state index in [1.54, 1.807) is 0 Å². The summed E-state index contributed by atoms with van der Waals surface area (Å²) in [7, 11) is 0. The minimum Gasteiger partial charge on any atom is -0.456 e. The first kappa shape index (κ1) is 19.6. The molecule has 2 heteroatoms. The molecule has 1 unspecified atom stereocenters. The number of allylic oxidation sites excluding steroid dienone is 3. The number of nitrogens with zero attached hydrogens (tertiary/aromatic N) is 1. The largest absolute Gasteiger partial charge is 0.456 e. The fourth-order valence-electron chi connectivity index (χ4n) is 4.70. The molecule has 0 saturated carbocycles. The molecular weight excluding hydrogens is 402 g/mol. The standard InChI is InChI=1S/C31H25NO/c1-22-8-7-11-26(20-22)32(25-16-14-24(15-17-25)23-9-3-2-4-10-23)27-18-19-31-29(21-27)28-12-5-6-13-30(28)33-31/h2-7,9-22H,8H2,1H3. The van der Waals surface area contributed by atoms with Gasteiger partial charge in [-0.3, -0.25) is 0 Å². The molecule has 1 atom stereocenters. The van der Waals surface area contributed by atoms with Gasteiger partial charge < -0.3 is 9.32 Å². The maximum atomic E-state index is 6.07. The Balaban J connectivity index is 1.49. The van der Waals surface area contributed by atoms with E-state index in [0.717, 1.165) is 39.7 Å². The van der Waals surface area contributed by atoms with Crippen molar-refractivity contribution >= 4 is 33.3 Å². The predicted molar refractivity (Wildman–Crippen MR) is 139 cm³/mol. The van der Waals surface area contributed by atoms with Gasteiger partial charge in [-0.05, 0) is 65.9 Å². The molecule has 4 aromatic carbocycles. The zero-order valence-corrected chi connectivity index (χ0v) is 18.6. The molecule has 0 radical (unpaired) electrons. The van der Waals surface area contributed by atoms with Crippen LogP contribution in [0.15, 0.2) is 125 Å². The van der Waals surface area contributed by atoms with Crippen LogP contribution < -0.4 is 4.90 Å². The topological polar surface area (TPSA) is 16.4 Å². The van der Waals surface area contributed by atoms with Crippen LogP contribution in [0.2, 0.25) is 0 Å². The van der Waals surface area contributed by atoms with Crippen molar-refractivity contribution in [2.45, 2.75) is 13.3 Å². The van der Waals surface area contributed by atoms with Gasteiger partial charge in [0.05, 0.1) is 0 Å². The first-order valence-electron chi connectivity index (χ1n) is 11.5. The van der Waals surface area contributed by atoms with Gasteiger partial charge in [-0.15, -0.1) is 0 Å². The lowest BCUT2D eigenvalue weighted by Crippen LogP contribution is -2.17. The van der Waals surface area contributed by atoms with Crippen molar-refractivity contribution in [1.29, 1.82) is 0 Å². The van der Waals surface area contributed by atoms with Crippen molar-refractivity contribution in [2.24, 2.45) is 5.92 Å². The minimum absolute atomic E-state index is 0.509. The van der Waals surface area contributed by atoms with Gasteiger partial charge in [0.2, 0.25) is 0 Å². The molecule has 2 nitrogen and oxygen atoms in total. The van der Waals surface area contributed by atoms with Crippen molar-refractivity contribution in [3.63, 3.8) is 0 Å². The van der Waals surface area contributed by atoms with Crippen LogP contribution in [0.25, 0.3) is 33.1 Å². The van der Waals surface area contributed by atoms with Gasteiger partial charge in [0, 0.05) is 27.8 Å². The summed E-state index contributed by atoms with van der Waals surface area (Å²) in [4.78, 5) is 2.35. The molecule has 0 fully saturated rings. The first-order chi connectivity index (χ1) is 16.3. The highest BCUT2D eigenvalue weighted by Gasteiger charge is 2.18. The second-order valence-corrected chi connectivity index (χ2v) is 8.73. The maximum absolute atomic E-state index is 6.07. The number of fused-ring (bicyclic) bond motifs is 3. The van der Waals surface area contributed by atoms with E-state index in [-0.39, 0.29) is 0 Å². The Bertz CT molecular complexity index is 1490. The Kier molecular flexibility index (Phi) is 4.84. The highest BCUT2D eigenvalue weighted by molar-refractivity contribution is 6.06. The average molecular weight is 428 g/mol. The zero-order valence-electron chi connectivity index (χ0n) is 18.6. The number of hydrogen-bond donors (Lipinski definition) is 0. The molecule has 0 spiro atoms. The Hall–Kier alpha value is -4.04. The summed E-state index contributed by atoms with van der Waals surface area (Å²) in [5, 5.41) is 2.29. The van der Waals surface area contributed by atoms with E-state index in [9.17, 15) is 0 Å². The Morgan fingerprint density at radius 2 is 1.39 bits per heavy atom. The van der Waals surface area contributed by atoms with Crippen molar-refractivity contribution < 1.29 is 4.42 Å². The number of rotatable bonds is 4. The minimum atomic E-state index is 0.509. The van der Waals surface area contributed by atoms with Crippen LogP contribution in [0.3, 0.4) is 0 Å². The molecule has 1 heterocycles. The molecule has 1 aliphatic carbocycles. The molecule has 160 valence electrons. The molecule has 0 bridgehead atoms. The van der Waals surface area contributed by atoms with Crippen LogP contribution in [0.4, 0.5) is 11.4 Å². The third kappa shape index (κ3) is 3.64. The van der Waals surface area contributed by atoms with Crippen molar-refractivity contribution in [3.8, 4) is 11.1 Å². The summed E-state index contributed by atoms with van der Waals surface area (Å²) in [5.41, 5.74) is 7.77. The van der Waals surface area contributed by atoms with Crippen LogP contribution in [-0.2, 0) is 0 Å². The van der Waals surface area contributed by atoms with Crippen LogP contribution in [0.1, 0.15) is 13.3 Å². The van der Waals surface area contributed by atoms with E-state index < -0.39 is 0 Å². The summed E-state index contributed by atoms with van der Waals surface area (Å²) >= 11 is 0. The van der Waals surface area contributed by atoms with Gasteiger partial charge in [-0.1, -0.05) is 79.7 Å². The third-order valence-electron chi connectivity index (χ3n) is 6.36. The first-order valence-corrected chi connectivity index (χ1v) is 11.5. The van der Waals surface area contributed by atoms with Gasteiger partial charge in [-0.2, -0.15) is 0 Å². The van der Waals surface area contributed by atoms with Crippen molar-refractivity contribution in [1.82, 2.24) is 0 Å². The van der Waals surface area contributed by atoms with Crippen LogP contribution in [-0.4, -0.2) is 0 Å². The SMILES string of the molecule is CC1C=C(N(c2ccc(-c3ccccc3)cc2)c2ccc3oc4ccccc4c3c2)C=CC1. The fraction of sp³-hybridized carbons (Fsp3) is 0.0968. The van der Waals surface area contributed by atoms with Gasteiger partial charge in [0.1, 0.15) is 11.2 Å². The normalized spacial score (nSPS) is 15.7. The van der Waals surface area contributed by atoms with E-state index >= 15 is 0 Å². The van der Waals surface area contributed by atoms with Crippen LogP contribution in [0.5, 0.6) is 0 Å². The number of furan rings is 1. The number of benzene rings is 4. The summed E-state index contributed by atoms with van der Waals surface area (Å²) in [5.74, 6) is 0.509. The molecule has 0 saturated heterocycles. The highest BCUT2D eigenvalue weighted by Crippen LogP contribution is 2.38. The molecule has 6 rings (SSSR count). The molecule has 1 aliphatic rings. The molecular formula is C31H25NO. The summed E-state index contributed by atoms with van der Waals surface area (Å²) in [6, 6.07) is 34.1. The lowest BCUT2D eigenvalue weighted by molar-refractivity contribution is 0.669. The van der Waals surface area contributed by atoms with Gasteiger partial charge in [-0.25, -0.2) is 0 Å². The van der Waals surface area contributed by atoms with Crippen LogP contribution >= 0.6 is 0 Å². The van der Waals surface area contributed by atoms with Gasteiger partial charge >= 0.3 is 0 Å². The fourth-order valence-corrected chi connectivity index (χ4v) is 4.70. The van der Waals surface area contributed by atoms with Crippen molar-refractivity contribution in [3.05, 3.63) is 121 Å². The van der Waals surface area contributed by atoms with Crippen LogP contribution in [0, 0.1) is 5.92 Å². The average Bonchev–Trinajstić information content (AvgIpc) is 3.23. The molecule has 0 aliphatic heterocycles. The smallest absolute Gasteiger partial charge is 0.135 e. The summed E-state index contributed by atoms with van der Waals surface area (Å²) < 4.78 is 6.07. The van der Waals surface area contributed by atoms with Gasteiger partial charge in [0.15, 0.2) is 0 Å². The maximum Gasteiger partial charge on any atom is 0.135 e. The zero-order chi connectivity index (χ0) is 22.2. The second-order valence-electron chi connectivity index (χ2n) is 8.73. The van der Waals surface area contributed by atoms with E-state index in [4.69, 9.17) is 4.42 Å². The molecule has 5 aromatic rings. The lowest BCUT2D eigenvalue weighted by Gasteiger charge is -2.29. The highest BCUT2D eigenvalue weighted by atomic mass is 16.3. The number of hydrogen-bond acceptors (Lipinski definition) is 2. The summed E-state index contributed by atoms with van der Waals surface area (Å²) in [6.45, 7) is 2.27. The third-order valence-corrected chi connectivity index (χ3v) is 6.36. The Morgan fingerprint density at radius 1 is 0.697 bits per heavy atom. The molecule has 0 N–H and O–H groups in total. The number of para-hydroxylation sites is 1. The predicted octanol–water partition coefficient (Wildman–Crippen LogP) is 8.87. The van der Waals surface area contributed by atoms with E-state index in [0.29, 0.717) is 5.92 Å². The molecule has 0 amide bonds. The molecule has 1 aromatic heterocycles. The number of anilines is 2. The molecule has 33 heavy (non-hydrogen) atoms. The van der Waals surface area contributed by atoms with E-state index in [1.807, 2.05) is 12.1 Å². The quantitative estimate of drug-likeness (QED) is 0.285. The lowest BCUT2D eigenvalue weighted by atomic mass is 9.99. The Labute approximate surface area is 194 Å². The monoisotopic (exact) mass is 427 g/mol. The second kappa shape index (κ2) is 8.14. The van der Waals surface area contributed by atoms with Gasteiger partial charge in [0.25, 0.3) is 0 Å². The van der Waals surface area contributed by atoms with Crippen molar-refractivity contribution in [2.75, 3.05) is 4.90 Å². The Morgan fingerprint density at radius 3 is 2.21 bits per heavy atom. The van der Waals surface area contributed by atoms with E-state index in [2.05, 4.69) is 115 Å². The summed E-state index contributed by atoms with van der Waals surface area (Å²) in [6.07, 6.45) is 7.96.